The molecule has 40 heteroatoms. The lowest BCUT2D eigenvalue weighted by molar-refractivity contribution is -0.150. The molecule has 3 atom stereocenters. The molecule has 0 aromatic heterocycles. The van der Waals surface area contributed by atoms with Gasteiger partial charge in [0.1, 0.15) is 14.9 Å². The zero-order valence-corrected chi connectivity index (χ0v) is 84.9. The number of aliphatic imine (C=N–C) groups is 2. The number of hydrogen-bond acceptors (Lipinski definition) is 30. The first kappa shape index (κ1) is 123. The van der Waals surface area contributed by atoms with Crippen LogP contribution in [0.15, 0.2) is 277 Å². The molecule has 0 radical (unpaired) electrons. The number of carbonyl (C=O) groups is 16. The maximum Gasteiger partial charge on any atom is 0.338 e. The van der Waals surface area contributed by atoms with Crippen molar-refractivity contribution in [2.45, 2.75) is 88.0 Å². The lowest BCUT2D eigenvalue weighted by Gasteiger charge is -2.16. The fourth-order valence-corrected chi connectivity index (χ4v) is 13.2. The van der Waals surface area contributed by atoms with Crippen molar-refractivity contribution >= 4 is 262 Å². The summed E-state index contributed by atoms with van der Waals surface area (Å²) >= 11 is 24.8. The zero-order valence-electron chi connectivity index (χ0n) is 76.1. The predicted octanol–water partition coefficient (Wildman–Crippen LogP) is 17.7. The number of amides is 7. The minimum absolute atomic E-state index is 0. The van der Waals surface area contributed by atoms with E-state index in [4.69, 9.17) is 35.3 Å². The first-order valence-electron chi connectivity index (χ1n) is 40.6. The number of esters is 7. The molecule has 4 aliphatic heterocycles. The third kappa shape index (κ3) is 45.9. The van der Waals surface area contributed by atoms with Gasteiger partial charge < -0.3 is 55.6 Å². The summed E-state index contributed by atoms with van der Waals surface area (Å²) in [6.45, 7) is 5.65. The zero-order chi connectivity index (χ0) is 102. The van der Waals surface area contributed by atoms with E-state index < -0.39 is 62.6 Å². The van der Waals surface area contributed by atoms with Crippen molar-refractivity contribution in [3.05, 3.63) is 306 Å². The molecule has 4 heterocycles. The SMILES string of the molecule is C.CC(=O)Br.CCC(=S)Cc1ccccc1.CCC(=S)Cc1ccccc1.CN.CN=C(Nc1ccccc1)SC1CC(=O)N(c2ccc(C(=O)OC)cc2)C1=O.COC(=O)c1ccc(N)cc1.COC(=O)c1ccc(N2C(=O)CC(Br)C2=O)cc1.COC(=O)c1ccc(N2C(=O)CC(Br)C2=O)cc1.COC(=O)c1ccc(NC(=O)/C=C\C(=O)O)cc1.Cl.O=C1C=CC(=O)O1.S=C=Nc1ccccc1. The maximum absolute atomic E-state index is 12.8. The summed E-state index contributed by atoms with van der Waals surface area (Å²) in [6.07, 6.45) is 8.10. The van der Waals surface area contributed by atoms with Crippen molar-refractivity contribution in [1.82, 2.24) is 0 Å². The molecule has 0 bridgehead atoms. The van der Waals surface area contributed by atoms with Crippen LogP contribution in [0.2, 0.25) is 0 Å². The number of nitrogens with two attached hydrogens (primary N) is 2. The first-order valence-corrected chi connectivity index (χ1v) is 45.4. The van der Waals surface area contributed by atoms with E-state index >= 15 is 0 Å². The number of methoxy groups -OCH3 is 5. The van der Waals surface area contributed by atoms with Crippen molar-refractivity contribution in [2.24, 2.45) is 15.7 Å². The fourth-order valence-electron chi connectivity index (χ4n) is 10.8. The standard InChI is InChI=1S/C20H19N3O4S.2C12H10BrNO4.C12H11NO5.2C10H12S.C8H9NO2.C7H5NS.C4H2O3.C2H3BrO.CH5N.CH4.ClH/c1-21-20(22-14-6-4-3-5-7-14)28-16-12-17(24)23(18(16)25)15-10-8-13(9-11-15)19(26)27-2;2*1-18-12(17)7-2-4-8(5-3-7)14-10(15)6-9(13)11(14)16;1-18-12(17)8-2-4-9(5-3-8)13-10(14)6-7-11(15)16;2*1-2-10(11)8-9-6-4-3-5-7-9;1-11-8(10)6-2-4-7(9)5-3-6;9-6-8-7-4-2-1-3-5-7;5-3-1-2-4(6)7-3;1-2(3)4;1-2;;/h3-11,16H,12H2,1-2H3,(H,21,22);2*2-5,9H,6H2,1H3;2-7H,1H3,(H,13,14)(H,15,16);2*3-7H,2,8H2,1H3;2-5H,9H2,1H3;1-5H;1-2H;1H3;2H2,1H3;1H4;1H/b;;;7-6-;;;;;;;;;. The number of rotatable bonds is 20. The van der Waals surface area contributed by atoms with Gasteiger partial charge in [-0.15, -0.1) is 12.4 Å². The summed E-state index contributed by atoms with van der Waals surface area (Å²) in [5.74, 6) is -6.82. The monoisotopic (exact) mass is 2190 g/mol. The number of anilines is 6. The van der Waals surface area contributed by atoms with Gasteiger partial charge in [-0.2, -0.15) is 4.99 Å². The van der Waals surface area contributed by atoms with Crippen molar-refractivity contribution in [3.63, 3.8) is 0 Å². The highest BCUT2D eigenvalue weighted by Crippen LogP contribution is 2.33. The molecule has 0 spiro atoms. The Morgan fingerprint density at radius 2 is 0.784 bits per heavy atom. The number of halogens is 4. The third-order valence-corrected chi connectivity index (χ3v) is 21.0. The number of carboxylic acid groups (broad SMARTS) is 1. The van der Waals surface area contributed by atoms with Gasteiger partial charge in [-0.05, 0) is 214 Å². The van der Waals surface area contributed by atoms with Crippen LogP contribution < -0.4 is 36.8 Å². The van der Waals surface area contributed by atoms with Gasteiger partial charge in [0, 0.05) is 87.4 Å². The van der Waals surface area contributed by atoms with Gasteiger partial charge in [-0.3, -0.25) is 43.3 Å². The molecular formula is C99H103Br3ClN9O23S4. The van der Waals surface area contributed by atoms with Crippen LogP contribution in [-0.2, 0) is 94.0 Å². The van der Waals surface area contributed by atoms with Gasteiger partial charge in [0.15, 0.2) is 9.86 Å². The Labute approximate surface area is 856 Å². The Morgan fingerprint density at radius 3 is 1.07 bits per heavy atom. The van der Waals surface area contributed by atoms with E-state index in [-0.39, 0.29) is 85.2 Å². The van der Waals surface area contributed by atoms with Crippen LogP contribution in [0.25, 0.3) is 0 Å². The molecule has 3 saturated heterocycles. The average Bonchev–Trinajstić information content (AvgIpc) is 1.68. The normalized spacial score (nSPS) is 13.6. The van der Waals surface area contributed by atoms with E-state index in [9.17, 15) is 76.7 Å². The van der Waals surface area contributed by atoms with Crippen LogP contribution in [0.3, 0.4) is 0 Å². The number of para-hydroxylation sites is 2. The van der Waals surface area contributed by atoms with Gasteiger partial charge in [0.25, 0.3) is 0 Å². The van der Waals surface area contributed by atoms with Crippen LogP contribution in [-0.4, -0.2) is 184 Å². The summed E-state index contributed by atoms with van der Waals surface area (Å²) in [4.78, 5) is 191. The average molecular weight is 2190 g/mol. The fraction of sp³-hybridized carbons (Fsp3) is 0.212. The molecule has 3 fully saturated rings. The number of thioether (sulfide) groups is 1. The quantitative estimate of drug-likeness (QED) is 0.00404. The van der Waals surface area contributed by atoms with Crippen LogP contribution in [0.5, 0.6) is 0 Å². The second-order valence-corrected chi connectivity index (χ2v) is 32.9. The highest BCUT2D eigenvalue weighted by atomic mass is 79.9. The summed E-state index contributed by atoms with van der Waals surface area (Å²) < 4.78 is 26.8. The van der Waals surface area contributed by atoms with Crippen LogP contribution >= 0.6 is 109 Å². The second kappa shape index (κ2) is 68.3. The highest BCUT2D eigenvalue weighted by molar-refractivity contribution is 9.18. The lowest BCUT2D eigenvalue weighted by Crippen LogP contribution is -2.31. The smallest absolute Gasteiger partial charge is 0.338 e. The van der Waals surface area contributed by atoms with Crippen LogP contribution in [0.4, 0.5) is 39.8 Å². The number of carbonyl (C=O) groups excluding carboxylic acids is 15. The molecule has 734 valence electrons. The van der Waals surface area contributed by atoms with Crippen LogP contribution in [0.1, 0.15) is 123 Å². The Kier molecular flexibility index (Phi) is 60.6. The largest absolute Gasteiger partial charge is 0.478 e. The number of amidine groups is 1. The van der Waals surface area contributed by atoms with Gasteiger partial charge >= 0.3 is 47.8 Å². The number of thiocarbonyl (C=S) groups is 3. The predicted molar refractivity (Wildman–Crippen MR) is 561 cm³/mol. The van der Waals surface area contributed by atoms with E-state index in [1.807, 2.05) is 97.1 Å². The molecule has 13 rings (SSSR count). The third-order valence-electron chi connectivity index (χ3n) is 17.5. The number of hydrogen-bond donors (Lipinski definition) is 5. The molecule has 0 saturated carbocycles. The number of imide groups is 3. The number of cyclic esters (lactones) is 2. The Balaban J connectivity index is 0.000000794. The van der Waals surface area contributed by atoms with E-state index in [1.54, 1.807) is 67.7 Å². The summed E-state index contributed by atoms with van der Waals surface area (Å²) in [5, 5.41) is 16.2. The summed E-state index contributed by atoms with van der Waals surface area (Å²) in [5.41, 5.74) is 18.7. The molecular weight excluding hydrogens is 2090 g/mol. The number of isothiocyanates is 1. The van der Waals surface area contributed by atoms with Crippen molar-refractivity contribution in [2.75, 3.05) is 80.7 Å². The summed E-state index contributed by atoms with van der Waals surface area (Å²) in [7, 11) is 9.62. The van der Waals surface area contributed by atoms with E-state index in [0.717, 1.165) is 85.8 Å². The number of aliphatic carboxylic acids is 1. The topological polar surface area (TPSA) is 459 Å². The Morgan fingerprint density at radius 1 is 0.482 bits per heavy atom. The molecule has 9 aromatic rings. The van der Waals surface area contributed by atoms with Gasteiger partial charge in [0.2, 0.25) is 41.4 Å². The highest BCUT2D eigenvalue weighted by Gasteiger charge is 2.42. The molecule has 3 unspecified atom stereocenters. The van der Waals surface area contributed by atoms with Crippen molar-refractivity contribution in [1.29, 1.82) is 0 Å². The van der Waals surface area contributed by atoms with Gasteiger partial charge in [0.05, 0.1) is 91.3 Å². The minimum Gasteiger partial charge on any atom is -0.478 e. The Hall–Kier alpha value is -13.7. The van der Waals surface area contributed by atoms with Crippen LogP contribution in [0, 0.1) is 0 Å². The number of nitrogen functional groups attached to an aromatic ring is 1. The molecule has 32 nitrogen and oxygen atoms in total. The molecule has 139 heavy (non-hydrogen) atoms. The summed E-state index contributed by atoms with van der Waals surface area (Å²) in [6, 6.07) is 70.7. The van der Waals surface area contributed by atoms with E-state index in [2.05, 4.69) is 158 Å². The number of carboxylic acids is 1. The first-order chi connectivity index (χ1) is 65.5. The van der Waals surface area contributed by atoms with Crippen molar-refractivity contribution < 1.29 is 110 Å². The number of alkyl halides is 2. The maximum atomic E-state index is 12.8. The van der Waals surface area contributed by atoms with Gasteiger partial charge in [-0.1, -0.05) is 186 Å². The second-order valence-electron chi connectivity index (χ2n) is 27.0. The molecule has 7 N–H and O–H groups in total. The lowest BCUT2D eigenvalue weighted by atomic mass is 10.1. The van der Waals surface area contributed by atoms with Gasteiger partial charge in [-0.25, -0.2) is 53.1 Å². The number of nitrogens with one attached hydrogen (secondary N) is 2. The van der Waals surface area contributed by atoms with Crippen molar-refractivity contribution in [3.8, 4) is 0 Å². The minimum atomic E-state index is -1.20. The molecule has 4 aliphatic rings. The van der Waals surface area contributed by atoms with E-state index in [0.29, 0.717) is 61.4 Å². The van der Waals surface area contributed by atoms with E-state index in [1.165, 1.54) is 133 Å². The number of benzene rings is 9. The number of nitrogens with zero attached hydrogens (tertiary/aromatic N) is 5. The molecule has 7 amide bonds. The number of ether oxygens (including phenoxy) is 6. The Bertz CT molecular complexity index is 5590. The molecule has 0 aliphatic carbocycles. The molecule has 9 aromatic carbocycles.